The molecule has 4 heteroatoms. The van der Waals surface area contributed by atoms with E-state index in [4.69, 9.17) is 0 Å². The highest BCUT2D eigenvalue weighted by molar-refractivity contribution is 7.09. The summed E-state index contributed by atoms with van der Waals surface area (Å²) in [6, 6.07) is 0.754. The van der Waals surface area contributed by atoms with Crippen molar-refractivity contribution < 1.29 is 0 Å². The molecule has 3 nitrogen and oxygen atoms in total. The number of hydrogen-bond acceptors (Lipinski definition) is 3. The van der Waals surface area contributed by atoms with Gasteiger partial charge in [0.15, 0.2) is 0 Å². The average molecular weight is 240 g/mol. The second kappa shape index (κ2) is 4.72. The standard InChI is InChI=1S/C12H20N2OS/c1-8(6-13-11-4-5-11)7-14-9(2)10(3)16-12(14)15/h8,11,13H,4-7H2,1-3H3. The topological polar surface area (TPSA) is 34.0 Å². The van der Waals surface area contributed by atoms with E-state index in [0.29, 0.717) is 5.92 Å². The fourth-order valence-electron chi connectivity index (χ4n) is 1.83. The molecule has 0 spiro atoms. The Kier molecular flexibility index (Phi) is 3.50. The molecular weight excluding hydrogens is 220 g/mol. The van der Waals surface area contributed by atoms with Gasteiger partial charge in [-0.15, -0.1) is 0 Å². The Morgan fingerprint density at radius 2 is 2.19 bits per heavy atom. The molecule has 1 aromatic rings. The van der Waals surface area contributed by atoms with Gasteiger partial charge in [0.25, 0.3) is 0 Å². The van der Waals surface area contributed by atoms with Gasteiger partial charge in [0, 0.05) is 23.2 Å². The van der Waals surface area contributed by atoms with Crippen molar-refractivity contribution >= 4 is 11.3 Å². The van der Waals surface area contributed by atoms with Crippen molar-refractivity contribution in [2.24, 2.45) is 5.92 Å². The molecule has 1 aliphatic carbocycles. The number of thiazole rings is 1. The summed E-state index contributed by atoms with van der Waals surface area (Å²) in [6.07, 6.45) is 2.65. The number of aryl methyl sites for hydroxylation is 1. The molecule has 16 heavy (non-hydrogen) atoms. The zero-order chi connectivity index (χ0) is 11.7. The first kappa shape index (κ1) is 11.9. The van der Waals surface area contributed by atoms with Crippen molar-refractivity contribution in [1.29, 1.82) is 0 Å². The van der Waals surface area contributed by atoms with Crippen LogP contribution in [0.2, 0.25) is 0 Å². The molecular formula is C12H20N2OS. The SMILES string of the molecule is Cc1sc(=O)n(CC(C)CNC2CC2)c1C. The van der Waals surface area contributed by atoms with E-state index in [9.17, 15) is 4.79 Å². The quantitative estimate of drug-likeness (QED) is 0.853. The third-order valence-electron chi connectivity index (χ3n) is 3.20. The Morgan fingerprint density at radius 3 is 2.69 bits per heavy atom. The van der Waals surface area contributed by atoms with E-state index in [1.54, 1.807) is 0 Å². The van der Waals surface area contributed by atoms with E-state index in [-0.39, 0.29) is 4.87 Å². The summed E-state index contributed by atoms with van der Waals surface area (Å²) in [5, 5.41) is 3.51. The molecule has 2 rings (SSSR count). The third-order valence-corrected chi connectivity index (χ3v) is 4.20. The maximum Gasteiger partial charge on any atom is 0.307 e. The predicted molar refractivity (Wildman–Crippen MR) is 68.2 cm³/mol. The first-order valence-corrected chi connectivity index (χ1v) is 6.79. The molecule has 1 fully saturated rings. The van der Waals surface area contributed by atoms with Gasteiger partial charge < -0.3 is 9.88 Å². The summed E-state index contributed by atoms with van der Waals surface area (Å²) in [5.74, 6) is 0.519. The van der Waals surface area contributed by atoms with Gasteiger partial charge in [-0.3, -0.25) is 4.79 Å². The fraction of sp³-hybridized carbons (Fsp3) is 0.750. The summed E-state index contributed by atoms with van der Waals surface area (Å²) in [7, 11) is 0. The Morgan fingerprint density at radius 1 is 1.50 bits per heavy atom. The molecule has 1 atom stereocenters. The van der Waals surface area contributed by atoms with Gasteiger partial charge in [-0.25, -0.2) is 0 Å². The number of nitrogens with one attached hydrogen (secondary N) is 1. The highest BCUT2D eigenvalue weighted by Gasteiger charge is 2.21. The highest BCUT2D eigenvalue weighted by Crippen LogP contribution is 2.19. The van der Waals surface area contributed by atoms with Crippen LogP contribution in [0.4, 0.5) is 0 Å². The van der Waals surface area contributed by atoms with Crippen LogP contribution in [-0.2, 0) is 6.54 Å². The van der Waals surface area contributed by atoms with Gasteiger partial charge in [-0.05, 0) is 39.2 Å². The maximum absolute atomic E-state index is 11.7. The molecule has 0 aliphatic heterocycles. The first-order chi connectivity index (χ1) is 7.58. The number of hydrogen-bond donors (Lipinski definition) is 1. The zero-order valence-corrected chi connectivity index (χ0v) is 11.1. The maximum atomic E-state index is 11.7. The minimum atomic E-state index is 0.188. The minimum absolute atomic E-state index is 0.188. The molecule has 90 valence electrons. The second-order valence-corrected chi connectivity index (χ2v) is 6.07. The van der Waals surface area contributed by atoms with Crippen LogP contribution in [0.15, 0.2) is 4.79 Å². The van der Waals surface area contributed by atoms with Gasteiger partial charge in [-0.2, -0.15) is 0 Å². The second-order valence-electron chi connectivity index (χ2n) is 4.91. The molecule has 1 N–H and O–H groups in total. The highest BCUT2D eigenvalue weighted by atomic mass is 32.1. The van der Waals surface area contributed by atoms with Gasteiger partial charge in [-0.1, -0.05) is 18.3 Å². The molecule has 1 aromatic heterocycles. The lowest BCUT2D eigenvalue weighted by Gasteiger charge is -2.13. The van der Waals surface area contributed by atoms with Gasteiger partial charge >= 0.3 is 4.87 Å². The predicted octanol–water partition coefficient (Wildman–Crippen LogP) is 1.91. The lowest BCUT2D eigenvalue weighted by atomic mass is 10.1. The molecule has 0 saturated heterocycles. The van der Waals surface area contributed by atoms with Crippen LogP contribution in [-0.4, -0.2) is 17.2 Å². The normalized spacial score (nSPS) is 17.7. The van der Waals surface area contributed by atoms with Crippen molar-refractivity contribution in [3.63, 3.8) is 0 Å². The summed E-state index contributed by atoms with van der Waals surface area (Å²) in [4.78, 5) is 13.0. The van der Waals surface area contributed by atoms with Crippen LogP contribution in [0.3, 0.4) is 0 Å². The van der Waals surface area contributed by atoms with Crippen LogP contribution in [0.25, 0.3) is 0 Å². The summed E-state index contributed by atoms with van der Waals surface area (Å²) < 4.78 is 1.92. The largest absolute Gasteiger partial charge is 0.314 e. The van der Waals surface area contributed by atoms with Crippen LogP contribution in [0.5, 0.6) is 0 Å². The smallest absolute Gasteiger partial charge is 0.307 e. The minimum Gasteiger partial charge on any atom is -0.314 e. The summed E-state index contributed by atoms with van der Waals surface area (Å²) in [5.41, 5.74) is 1.13. The van der Waals surface area contributed by atoms with E-state index in [1.165, 1.54) is 24.2 Å². The zero-order valence-electron chi connectivity index (χ0n) is 10.2. The number of rotatable bonds is 5. The van der Waals surface area contributed by atoms with E-state index in [1.807, 2.05) is 18.4 Å². The number of nitrogens with zero attached hydrogens (tertiary/aromatic N) is 1. The molecule has 0 bridgehead atoms. The number of aromatic nitrogens is 1. The van der Waals surface area contributed by atoms with Crippen molar-refractivity contribution in [3.8, 4) is 0 Å². The van der Waals surface area contributed by atoms with E-state index in [2.05, 4.69) is 12.2 Å². The Bertz CT molecular complexity index is 417. The Labute approximate surface area is 100 Å². The fourth-order valence-corrected chi connectivity index (χ4v) is 2.67. The monoisotopic (exact) mass is 240 g/mol. The average Bonchev–Trinajstić information content (AvgIpc) is 3.01. The van der Waals surface area contributed by atoms with Crippen molar-refractivity contribution in [1.82, 2.24) is 9.88 Å². The van der Waals surface area contributed by atoms with Crippen molar-refractivity contribution in [3.05, 3.63) is 20.2 Å². The molecule has 0 radical (unpaired) electrons. The molecule has 0 amide bonds. The lowest BCUT2D eigenvalue weighted by Crippen LogP contribution is -2.28. The van der Waals surface area contributed by atoms with Gasteiger partial charge in [0.2, 0.25) is 0 Å². The van der Waals surface area contributed by atoms with E-state index >= 15 is 0 Å². The molecule has 1 saturated carbocycles. The van der Waals surface area contributed by atoms with Gasteiger partial charge in [0.05, 0.1) is 0 Å². The van der Waals surface area contributed by atoms with Crippen LogP contribution in [0.1, 0.15) is 30.3 Å². The summed E-state index contributed by atoms with van der Waals surface area (Å²) >= 11 is 1.36. The molecule has 1 aliphatic rings. The van der Waals surface area contributed by atoms with Crippen LogP contribution >= 0.6 is 11.3 Å². The van der Waals surface area contributed by atoms with Crippen molar-refractivity contribution in [2.45, 2.75) is 46.2 Å². The summed E-state index contributed by atoms with van der Waals surface area (Å²) in [6.45, 7) is 8.12. The molecule has 0 aromatic carbocycles. The lowest BCUT2D eigenvalue weighted by molar-refractivity contribution is 0.436. The molecule has 1 unspecified atom stereocenters. The first-order valence-electron chi connectivity index (χ1n) is 5.98. The van der Waals surface area contributed by atoms with Crippen LogP contribution < -0.4 is 10.2 Å². The van der Waals surface area contributed by atoms with Crippen molar-refractivity contribution in [2.75, 3.05) is 6.54 Å². The molecule has 1 heterocycles. The van der Waals surface area contributed by atoms with E-state index < -0.39 is 0 Å². The Hall–Kier alpha value is -0.610. The third kappa shape index (κ3) is 2.74. The van der Waals surface area contributed by atoms with E-state index in [0.717, 1.165) is 29.7 Å². The van der Waals surface area contributed by atoms with Crippen LogP contribution in [0, 0.1) is 19.8 Å². The Balaban J connectivity index is 1.93. The van der Waals surface area contributed by atoms with Gasteiger partial charge in [0.1, 0.15) is 0 Å².